The third kappa shape index (κ3) is 6.40. The number of hydrogen-bond donors (Lipinski definition) is 5. The van der Waals surface area contributed by atoms with Crippen LogP contribution < -0.4 is 31.4 Å². The number of likely N-dealkylation sites (N-methyl/N-ethyl adjacent to an activating group) is 1. The van der Waals surface area contributed by atoms with Gasteiger partial charge in [-0.05, 0) is 43.9 Å². The summed E-state index contributed by atoms with van der Waals surface area (Å²) >= 11 is 0. The molecule has 2 aromatic carbocycles. The molecule has 0 saturated carbocycles. The summed E-state index contributed by atoms with van der Waals surface area (Å²) in [6, 6.07) is 9.07. The molecule has 0 aliphatic heterocycles. The van der Waals surface area contributed by atoms with E-state index in [4.69, 9.17) is 20.7 Å². The number of nitrogens with two attached hydrogens (primary N) is 1. The van der Waals surface area contributed by atoms with Gasteiger partial charge < -0.3 is 30.4 Å². The minimum atomic E-state index is -0.390. The Morgan fingerprint density at radius 1 is 1.22 bits per heavy atom. The first-order valence-corrected chi connectivity index (χ1v) is 11.1. The molecule has 0 unspecified atom stereocenters. The van der Waals surface area contributed by atoms with Crippen LogP contribution in [0.5, 0.6) is 11.5 Å². The molecule has 3 aromatic rings. The second-order valence-electron chi connectivity index (χ2n) is 8.18. The van der Waals surface area contributed by atoms with E-state index < -0.39 is 0 Å². The summed E-state index contributed by atoms with van der Waals surface area (Å²) in [7, 11) is 7.27. The van der Waals surface area contributed by atoms with E-state index in [0.717, 1.165) is 16.5 Å². The minimum absolute atomic E-state index is 0.0369. The van der Waals surface area contributed by atoms with Crippen LogP contribution in [0.15, 0.2) is 55.3 Å². The van der Waals surface area contributed by atoms with E-state index in [2.05, 4.69) is 27.7 Å². The highest BCUT2D eigenvalue weighted by Crippen LogP contribution is 2.37. The number of nitrogens with zero attached hydrogens (tertiary/aromatic N) is 3. The average molecular weight is 493 g/mol. The molecule has 0 atom stereocenters. The molecule has 0 fully saturated rings. The van der Waals surface area contributed by atoms with Crippen molar-refractivity contribution in [2.75, 3.05) is 45.0 Å². The van der Waals surface area contributed by atoms with Crippen LogP contribution in [-0.4, -0.2) is 60.8 Å². The third-order valence-electron chi connectivity index (χ3n) is 5.31. The number of anilines is 2. The van der Waals surface area contributed by atoms with E-state index in [9.17, 15) is 4.79 Å². The molecule has 0 aliphatic rings. The number of amidine groups is 1. The quantitative estimate of drug-likeness (QED) is 0.0904. The molecule has 0 aliphatic carbocycles. The number of methoxy groups -OCH3 is 1. The van der Waals surface area contributed by atoms with Crippen molar-refractivity contribution >= 4 is 39.7 Å². The van der Waals surface area contributed by atoms with Crippen molar-refractivity contribution in [3.63, 3.8) is 0 Å². The van der Waals surface area contributed by atoms with Crippen LogP contribution >= 0.6 is 0 Å². The molecule has 11 heteroatoms. The number of aromatic nitrogens is 2. The number of carbonyl (C=O) groups is 1. The summed E-state index contributed by atoms with van der Waals surface area (Å²) in [5.74, 6) is 6.29. The summed E-state index contributed by atoms with van der Waals surface area (Å²) in [4.78, 5) is 14.0. The van der Waals surface area contributed by atoms with Crippen LogP contribution in [0.4, 0.5) is 11.4 Å². The van der Waals surface area contributed by atoms with Crippen molar-refractivity contribution in [1.29, 1.82) is 5.41 Å². The van der Waals surface area contributed by atoms with Gasteiger partial charge in [0.15, 0.2) is 0 Å². The molecule has 1 amide bonds. The van der Waals surface area contributed by atoms with Gasteiger partial charge in [0, 0.05) is 31.1 Å². The van der Waals surface area contributed by atoms with Gasteiger partial charge in [-0.1, -0.05) is 12.6 Å². The fourth-order valence-corrected chi connectivity index (χ4v) is 3.43. The van der Waals surface area contributed by atoms with Crippen LogP contribution in [0.3, 0.4) is 0 Å². The van der Waals surface area contributed by atoms with Crippen molar-refractivity contribution in [2.45, 2.75) is 0 Å². The summed E-state index contributed by atoms with van der Waals surface area (Å²) in [6.45, 7) is 4.60. The van der Waals surface area contributed by atoms with Gasteiger partial charge >= 0.3 is 0 Å². The maximum Gasteiger partial charge on any atom is 0.247 e. The molecule has 11 nitrogen and oxygen atoms in total. The Morgan fingerprint density at radius 3 is 2.64 bits per heavy atom. The van der Waals surface area contributed by atoms with Gasteiger partial charge in [-0.15, -0.1) is 0 Å². The van der Waals surface area contributed by atoms with Gasteiger partial charge in [0.2, 0.25) is 5.91 Å². The van der Waals surface area contributed by atoms with Crippen molar-refractivity contribution in [2.24, 2.45) is 12.9 Å². The highest BCUT2D eigenvalue weighted by atomic mass is 16.5. The molecular formula is C25H32N8O3. The third-order valence-corrected chi connectivity index (χ3v) is 5.31. The number of rotatable bonds is 11. The SMILES string of the molecule is C=CC(=O)Nc1cc(NC(=N)/C=C(\NN)c2ccc3c(cnn3C)c2)c(OC)cc1OCCN(C)C. The van der Waals surface area contributed by atoms with Crippen molar-refractivity contribution in [1.82, 2.24) is 20.1 Å². The summed E-state index contributed by atoms with van der Waals surface area (Å²) in [5.41, 5.74) is 5.82. The van der Waals surface area contributed by atoms with Gasteiger partial charge in [-0.3, -0.25) is 20.7 Å². The van der Waals surface area contributed by atoms with Gasteiger partial charge in [-0.2, -0.15) is 5.10 Å². The maximum atomic E-state index is 12.0. The van der Waals surface area contributed by atoms with E-state index >= 15 is 0 Å². The Morgan fingerprint density at radius 2 is 1.97 bits per heavy atom. The number of ether oxygens (including phenoxy) is 2. The van der Waals surface area contributed by atoms with Gasteiger partial charge in [-0.25, -0.2) is 0 Å². The molecule has 3 rings (SSSR count). The van der Waals surface area contributed by atoms with Crippen LogP contribution in [0.25, 0.3) is 16.6 Å². The number of amides is 1. The van der Waals surface area contributed by atoms with Crippen LogP contribution in [0.1, 0.15) is 5.56 Å². The highest BCUT2D eigenvalue weighted by Gasteiger charge is 2.15. The van der Waals surface area contributed by atoms with E-state index in [1.807, 2.05) is 44.2 Å². The van der Waals surface area contributed by atoms with E-state index in [0.29, 0.717) is 41.7 Å². The molecule has 0 spiro atoms. The van der Waals surface area contributed by atoms with Crippen LogP contribution in [-0.2, 0) is 11.8 Å². The number of hydrazine groups is 1. The van der Waals surface area contributed by atoms with Gasteiger partial charge in [0.05, 0.1) is 35.9 Å². The van der Waals surface area contributed by atoms with Crippen molar-refractivity contribution in [3.05, 3.63) is 60.8 Å². The fraction of sp³-hybridized carbons (Fsp3) is 0.240. The lowest BCUT2D eigenvalue weighted by molar-refractivity contribution is -0.111. The smallest absolute Gasteiger partial charge is 0.247 e. The summed E-state index contributed by atoms with van der Waals surface area (Å²) in [6.07, 6.45) is 4.49. The zero-order chi connectivity index (χ0) is 26.2. The Bertz CT molecular complexity index is 1300. The predicted octanol–water partition coefficient (Wildman–Crippen LogP) is 2.54. The first kappa shape index (κ1) is 26.3. The van der Waals surface area contributed by atoms with Gasteiger partial charge in [0.1, 0.15) is 23.9 Å². The second kappa shape index (κ2) is 11.9. The molecule has 0 bridgehead atoms. The molecule has 1 aromatic heterocycles. The normalized spacial score (nSPS) is 11.3. The molecule has 6 N–H and O–H groups in total. The molecular weight excluding hydrogens is 460 g/mol. The first-order chi connectivity index (χ1) is 17.2. The number of carbonyl (C=O) groups excluding carboxylic acids is 1. The monoisotopic (exact) mass is 492 g/mol. The zero-order valence-electron chi connectivity index (χ0n) is 20.9. The number of aryl methyl sites for hydroxylation is 1. The lowest BCUT2D eigenvalue weighted by Gasteiger charge is -2.18. The fourth-order valence-electron chi connectivity index (χ4n) is 3.43. The Kier molecular flexibility index (Phi) is 8.66. The summed E-state index contributed by atoms with van der Waals surface area (Å²) < 4.78 is 13.2. The predicted molar refractivity (Wildman–Crippen MR) is 143 cm³/mol. The molecule has 0 saturated heterocycles. The van der Waals surface area contributed by atoms with Crippen molar-refractivity contribution < 1.29 is 14.3 Å². The van der Waals surface area contributed by atoms with E-state index in [1.165, 1.54) is 13.2 Å². The Balaban J connectivity index is 1.89. The number of fused-ring (bicyclic) bond motifs is 1. The largest absolute Gasteiger partial charge is 0.494 e. The topological polar surface area (TPSA) is 143 Å². The average Bonchev–Trinajstić information content (AvgIpc) is 3.23. The second-order valence-corrected chi connectivity index (χ2v) is 8.18. The first-order valence-electron chi connectivity index (χ1n) is 11.1. The lowest BCUT2D eigenvalue weighted by atomic mass is 10.1. The van der Waals surface area contributed by atoms with Crippen molar-refractivity contribution in [3.8, 4) is 11.5 Å². The number of hydrogen-bond acceptors (Lipinski definition) is 8. The molecule has 1 heterocycles. The minimum Gasteiger partial charge on any atom is -0.494 e. The highest BCUT2D eigenvalue weighted by molar-refractivity contribution is 6.07. The maximum absolute atomic E-state index is 12.0. The number of nitrogens with one attached hydrogen (secondary N) is 4. The lowest BCUT2D eigenvalue weighted by Crippen LogP contribution is -2.22. The molecule has 190 valence electrons. The number of benzene rings is 2. The van der Waals surface area contributed by atoms with E-state index in [1.54, 1.807) is 29.1 Å². The standard InChI is InChI=1S/C25H32N8O3/c1-6-25(34)30-20-12-19(22(35-5)14-23(20)36-10-9-32(2)3)29-24(26)13-18(31-27)16-7-8-21-17(11-16)15-28-33(21)4/h6-8,11-15,31H,1,9-10,27H2,2-5H3,(H2,26,29)(H,30,34)/b18-13-. The van der Waals surface area contributed by atoms with E-state index in [-0.39, 0.29) is 11.7 Å². The van der Waals surface area contributed by atoms with Crippen LogP contribution in [0, 0.1) is 5.41 Å². The molecule has 0 radical (unpaired) electrons. The zero-order valence-corrected chi connectivity index (χ0v) is 20.9. The Labute approximate surface area is 210 Å². The van der Waals surface area contributed by atoms with Gasteiger partial charge in [0.25, 0.3) is 0 Å². The van der Waals surface area contributed by atoms with Crippen LogP contribution in [0.2, 0.25) is 0 Å². The Hall–Kier alpha value is -4.35. The summed E-state index contributed by atoms with van der Waals surface area (Å²) in [5, 5.41) is 19.5. The molecule has 36 heavy (non-hydrogen) atoms.